The van der Waals surface area contributed by atoms with Gasteiger partial charge < -0.3 is 10.1 Å². The quantitative estimate of drug-likeness (QED) is 0.277. The van der Waals surface area contributed by atoms with E-state index in [1.807, 2.05) is 0 Å². The second-order valence-electron chi connectivity index (χ2n) is 7.32. The number of rotatable bonds is 8. The monoisotopic (exact) mass is 495 g/mol. The smallest absolute Gasteiger partial charge is 0.275 e. The van der Waals surface area contributed by atoms with Crippen LogP contribution in [0.2, 0.25) is 0 Å². The molecular formula is C22H17N5O7S. The first-order valence-corrected chi connectivity index (χ1v) is 11.6. The number of nitrogens with zero attached hydrogens (tertiary/aromatic N) is 4. The molecule has 0 saturated heterocycles. The molecule has 0 aliphatic carbocycles. The summed E-state index contributed by atoms with van der Waals surface area (Å²) in [5, 5.41) is 25.3. The van der Waals surface area contributed by atoms with E-state index in [0.29, 0.717) is 11.0 Å². The maximum atomic E-state index is 13.1. The average Bonchev–Trinajstić information content (AvgIpc) is 2.84. The molecule has 1 N–H and O–H groups in total. The molecule has 0 saturated carbocycles. The molecule has 3 aromatic carbocycles. The Morgan fingerprint density at radius 1 is 0.886 bits per heavy atom. The van der Waals surface area contributed by atoms with Gasteiger partial charge in [0.05, 0.1) is 50.3 Å². The Labute approximate surface area is 198 Å². The van der Waals surface area contributed by atoms with E-state index in [1.165, 1.54) is 43.5 Å². The molecule has 0 amide bonds. The number of nitrogens with one attached hydrogen (secondary N) is 1. The maximum absolute atomic E-state index is 13.1. The van der Waals surface area contributed by atoms with Crippen molar-refractivity contribution in [3.05, 3.63) is 92.7 Å². The molecule has 0 fully saturated rings. The SMILES string of the molecule is COc1cc(Nc2nc3ccccc3nc2CS(=O)(=O)c2cccc([N+](=O)[O-])c2)cc([N+](=O)[O-])c1. The topological polar surface area (TPSA) is 167 Å². The summed E-state index contributed by atoms with van der Waals surface area (Å²) in [4.78, 5) is 29.8. The number of nitro benzene ring substituents is 2. The largest absolute Gasteiger partial charge is 0.496 e. The van der Waals surface area contributed by atoms with E-state index in [4.69, 9.17) is 4.74 Å². The van der Waals surface area contributed by atoms with Crippen LogP contribution in [-0.2, 0) is 15.6 Å². The maximum Gasteiger partial charge on any atom is 0.275 e. The van der Waals surface area contributed by atoms with Crippen molar-refractivity contribution in [1.82, 2.24) is 9.97 Å². The number of aromatic nitrogens is 2. The zero-order valence-electron chi connectivity index (χ0n) is 18.1. The number of para-hydroxylation sites is 2. The molecule has 13 heteroatoms. The predicted octanol–water partition coefficient (Wildman–Crippen LogP) is 4.17. The van der Waals surface area contributed by atoms with E-state index in [0.717, 1.165) is 6.07 Å². The van der Waals surface area contributed by atoms with Crippen LogP contribution in [0.4, 0.5) is 22.9 Å². The van der Waals surface area contributed by atoms with Crippen LogP contribution in [0.3, 0.4) is 0 Å². The predicted molar refractivity (Wildman–Crippen MR) is 126 cm³/mol. The number of methoxy groups -OCH3 is 1. The molecule has 12 nitrogen and oxygen atoms in total. The standard InChI is InChI=1S/C22H17N5O7S/c1-34-17-10-14(9-16(11-17)27(30)31)23-22-21(24-19-7-2-3-8-20(19)25-22)13-35(32,33)18-6-4-5-15(12-18)26(28)29/h2-12H,13H2,1H3,(H,23,25). The van der Waals surface area contributed by atoms with Crippen LogP contribution in [-0.4, -0.2) is 35.3 Å². The number of hydrogen-bond donors (Lipinski definition) is 1. The van der Waals surface area contributed by atoms with Gasteiger partial charge in [-0.1, -0.05) is 18.2 Å². The van der Waals surface area contributed by atoms with Gasteiger partial charge in [0.25, 0.3) is 11.4 Å². The number of non-ortho nitro benzene ring substituents is 2. The third-order valence-electron chi connectivity index (χ3n) is 4.96. The summed E-state index contributed by atoms with van der Waals surface area (Å²) in [6.07, 6.45) is 0. The number of ether oxygens (including phenoxy) is 1. The number of nitro groups is 2. The Morgan fingerprint density at radius 3 is 2.23 bits per heavy atom. The van der Waals surface area contributed by atoms with Crippen molar-refractivity contribution in [1.29, 1.82) is 0 Å². The summed E-state index contributed by atoms with van der Waals surface area (Å²) in [5.74, 6) is -0.359. The van der Waals surface area contributed by atoms with Crippen molar-refractivity contribution < 1.29 is 23.0 Å². The van der Waals surface area contributed by atoms with Gasteiger partial charge in [0.2, 0.25) is 0 Å². The van der Waals surface area contributed by atoms with Gasteiger partial charge >= 0.3 is 0 Å². The lowest BCUT2D eigenvalue weighted by atomic mass is 10.2. The molecular weight excluding hydrogens is 478 g/mol. The van der Waals surface area contributed by atoms with Crippen LogP contribution in [0.1, 0.15) is 5.69 Å². The van der Waals surface area contributed by atoms with Gasteiger partial charge in [0, 0.05) is 24.3 Å². The van der Waals surface area contributed by atoms with E-state index in [9.17, 15) is 28.6 Å². The summed E-state index contributed by atoms with van der Waals surface area (Å²) in [5.41, 5.74) is 0.544. The normalized spacial score (nSPS) is 11.2. The summed E-state index contributed by atoms with van der Waals surface area (Å²) < 4.78 is 31.4. The number of benzene rings is 3. The van der Waals surface area contributed by atoms with Crippen molar-refractivity contribution in [3.63, 3.8) is 0 Å². The first kappa shape index (κ1) is 23.5. The van der Waals surface area contributed by atoms with Crippen molar-refractivity contribution in [2.45, 2.75) is 10.6 Å². The van der Waals surface area contributed by atoms with Crippen molar-refractivity contribution >= 4 is 43.8 Å². The first-order valence-electron chi connectivity index (χ1n) is 9.99. The second-order valence-corrected chi connectivity index (χ2v) is 9.31. The zero-order valence-corrected chi connectivity index (χ0v) is 18.9. The first-order chi connectivity index (χ1) is 16.7. The Hall–Kier alpha value is -4.65. The van der Waals surface area contributed by atoms with E-state index in [-0.39, 0.29) is 39.2 Å². The van der Waals surface area contributed by atoms with Crippen molar-refractivity contribution in [2.24, 2.45) is 0 Å². The molecule has 0 aliphatic rings. The van der Waals surface area contributed by atoms with E-state index >= 15 is 0 Å². The minimum Gasteiger partial charge on any atom is -0.496 e. The molecule has 1 heterocycles. The number of anilines is 2. The van der Waals surface area contributed by atoms with Gasteiger partial charge in [-0.2, -0.15) is 0 Å². The third-order valence-corrected chi connectivity index (χ3v) is 6.58. The molecule has 0 unspecified atom stereocenters. The number of fused-ring (bicyclic) bond motifs is 1. The van der Waals surface area contributed by atoms with Crippen LogP contribution in [0.5, 0.6) is 5.75 Å². The molecule has 178 valence electrons. The number of sulfone groups is 1. The van der Waals surface area contributed by atoms with E-state index < -0.39 is 25.4 Å². The number of hydrogen-bond acceptors (Lipinski definition) is 10. The molecule has 4 rings (SSSR count). The fourth-order valence-corrected chi connectivity index (χ4v) is 4.62. The van der Waals surface area contributed by atoms with E-state index in [1.54, 1.807) is 24.3 Å². The third kappa shape index (κ3) is 5.14. The Bertz CT molecular complexity index is 1570. The lowest BCUT2D eigenvalue weighted by Gasteiger charge is -2.13. The van der Waals surface area contributed by atoms with Crippen molar-refractivity contribution in [2.75, 3.05) is 12.4 Å². The molecule has 0 aliphatic heterocycles. The van der Waals surface area contributed by atoms with Gasteiger partial charge in [-0.25, -0.2) is 18.4 Å². The van der Waals surface area contributed by atoms with Gasteiger partial charge in [-0.05, 0) is 18.2 Å². The highest BCUT2D eigenvalue weighted by Gasteiger charge is 2.23. The second kappa shape index (κ2) is 9.30. The molecule has 0 bridgehead atoms. The molecule has 4 aromatic rings. The van der Waals surface area contributed by atoms with Gasteiger partial charge in [-0.3, -0.25) is 20.2 Å². The van der Waals surface area contributed by atoms with E-state index in [2.05, 4.69) is 15.3 Å². The van der Waals surface area contributed by atoms with Crippen molar-refractivity contribution in [3.8, 4) is 5.75 Å². The summed E-state index contributed by atoms with van der Waals surface area (Å²) in [7, 11) is -2.71. The molecule has 35 heavy (non-hydrogen) atoms. The summed E-state index contributed by atoms with van der Waals surface area (Å²) in [6, 6.07) is 15.5. The summed E-state index contributed by atoms with van der Waals surface area (Å²) >= 11 is 0. The molecule has 1 aromatic heterocycles. The molecule has 0 atom stereocenters. The summed E-state index contributed by atoms with van der Waals surface area (Å²) in [6.45, 7) is 0. The van der Waals surface area contributed by atoms with Crippen LogP contribution in [0.15, 0.2) is 71.6 Å². The highest BCUT2D eigenvalue weighted by Crippen LogP contribution is 2.30. The van der Waals surface area contributed by atoms with Gasteiger partial charge in [-0.15, -0.1) is 0 Å². The van der Waals surface area contributed by atoms with Crippen LogP contribution in [0, 0.1) is 20.2 Å². The molecule has 0 radical (unpaired) electrons. The minimum absolute atomic E-state index is 0.0284. The van der Waals surface area contributed by atoms with Crippen LogP contribution in [0.25, 0.3) is 11.0 Å². The molecule has 0 spiro atoms. The lowest BCUT2D eigenvalue weighted by molar-refractivity contribution is -0.385. The lowest BCUT2D eigenvalue weighted by Crippen LogP contribution is -2.11. The Morgan fingerprint density at radius 2 is 1.57 bits per heavy atom. The fraction of sp³-hybridized carbons (Fsp3) is 0.0909. The van der Waals surface area contributed by atoms with Gasteiger partial charge in [0.1, 0.15) is 11.5 Å². The van der Waals surface area contributed by atoms with Gasteiger partial charge in [0.15, 0.2) is 15.7 Å². The Kier molecular flexibility index (Phi) is 6.25. The Balaban J connectivity index is 1.80. The minimum atomic E-state index is -4.07. The average molecular weight is 495 g/mol. The highest BCUT2D eigenvalue weighted by molar-refractivity contribution is 7.90. The van der Waals surface area contributed by atoms with Crippen LogP contribution >= 0.6 is 0 Å². The van der Waals surface area contributed by atoms with Crippen LogP contribution < -0.4 is 10.1 Å². The fourth-order valence-electron chi connectivity index (χ4n) is 3.31. The highest BCUT2D eigenvalue weighted by atomic mass is 32.2. The zero-order chi connectivity index (χ0) is 25.2.